The number of benzene rings is 2. The standard InChI is InChI=1S/C34H43N3O4/c1-4-5-6-7-8-9-10-17-32(38)36(25-18-19-25)24-33(39)37-29-15-12-11-14-28(29)35-22-13-16-30(35)34(37)27-23-26(40-2)20-21-31(27)41-3/h11-16,20-23,25,34H,4-10,17-19,24H2,1-3H3. The van der Waals surface area contributed by atoms with E-state index in [1.165, 1.54) is 32.1 Å². The second kappa shape index (κ2) is 13.3. The fourth-order valence-corrected chi connectivity index (χ4v) is 6.02. The van der Waals surface area contributed by atoms with E-state index in [0.717, 1.165) is 48.3 Å². The number of nitrogens with zero attached hydrogens (tertiary/aromatic N) is 3. The molecular weight excluding hydrogens is 514 g/mol. The first-order chi connectivity index (χ1) is 20.1. The van der Waals surface area contributed by atoms with Crippen LogP contribution >= 0.6 is 0 Å². The van der Waals surface area contributed by atoms with Gasteiger partial charge in [-0.2, -0.15) is 0 Å². The number of carbonyl (C=O) groups is 2. The van der Waals surface area contributed by atoms with Crippen LogP contribution in [0.5, 0.6) is 11.5 Å². The van der Waals surface area contributed by atoms with Gasteiger partial charge < -0.3 is 18.9 Å². The highest BCUT2D eigenvalue weighted by molar-refractivity contribution is 6.00. The molecule has 0 spiro atoms. The molecule has 1 aromatic heterocycles. The van der Waals surface area contributed by atoms with Crippen LogP contribution in [0.3, 0.4) is 0 Å². The van der Waals surface area contributed by atoms with Crippen molar-refractivity contribution in [1.29, 1.82) is 0 Å². The Kier molecular flexibility index (Phi) is 9.32. The van der Waals surface area contributed by atoms with Crippen molar-refractivity contribution in [3.05, 3.63) is 72.1 Å². The molecule has 0 radical (unpaired) electrons. The van der Waals surface area contributed by atoms with Gasteiger partial charge in [-0.1, -0.05) is 57.6 Å². The third-order valence-electron chi connectivity index (χ3n) is 8.33. The van der Waals surface area contributed by atoms with Crippen LogP contribution in [0.4, 0.5) is 5.69 Å². The summed E-state index contributed by atoms with van der Waals surface area (Å²) in [5.41, 5.74) is 3.54. The van der Waals surface area contributed by atoms with Gasteiger partial charge in [-0.3, -0.25) is 14.5 Å². The van der Waals surface area contributed by atoms with Crippen LogP contribution in [0.15, 0.2) is 60.8 Å². The zero-order chi connectivity index (χ0) is 28.8. The molecule has 1 saturated carbocycles. The molecule has 0 saturated heterocycles. The summed E-state index contributed by atoms with van der Waals surface area (Å²) in [5.74, 6) is 1.36. The van der Waals surface area contributed by atoms with Crippen molar-refractivity contribution in [2.24, 2.45) is 0 Å². The lowest BCUT2D eigenvalue weighted by molar-refractivity contribution is -0.136. The quantitative estimate of drug-likeness (QED) is 0.199. The molecule has 3 aromatic rings. The zero-order valence-electron chi connectivity index (χ0n) is 24.7. The highest BCUT2D eigenvalue weighted by Gasteiger charge is 2.40. The van der Waals surface area contributed by atoms with Crippen molar-refractivity contribution in [3.8, 4) is 17.2 Å². The SMILES string of the molecule is CCCCCCCCCC(=O)N(CC(=O)N1c2ccccc2-n2cccc2C1c1cc(OC)ccc1OC)C1CC1. The maximum Gasteiger partial charge on any atom is 0.247 e. The molecule has 2 amide bonds. The average molecular weight is 558 g/mol. The molecule has 41 heavy (non-hydrogen) atoms. The molecule has 5 rings (SSSR count). The Morgan fingerprint density at radius 3 is 2.32 bits per heavy atom. The molecular formula is C34H43N3O4. The molecule has 1 unspecified atom stereocenters. The monoisotopic (exact) mass is 557 g/mol. The fraction of sp³-hybridized carbons (Fsp3) is 0.471. The number of ether oxygens (including phenoxy) is 2. The second-order valence-corrected chi connectivity index (χ2v) is 11.2. The lowest BCUT2D eigenvalue weighted by Gasteiger charge is -2.40. The van der Waals surface area contributed by atoms with Crippen molar-refractivity contribution in [1.82, 2.24) is 9.47 Å². The fourth-order valence-electron chi connectivity index (χ4n) is 6.02. The van der Waals surface area contributed by atoms with E-state index < -0.39 is 6.04 Å². The Balaban J connectivity index is 1.42. The maximum absolute atomic E-state index is 14.4. The lowest BCUT2D eigenvalue weighted by Crippen LogP contribution is -2.47. The van der Waals surface area contributed by atoms with E-state index in [9.17, 15) is 9.59 Å². The molecule has 7 heteroatoms. The number of unbranched alkanes of at least 4 members (excludes halogenated alkanes) is 6. The van der Waals surface area contributed by atoms with Gasteiger partial charge in [0.15, 0.2) is 0 Å². The molecule has 2 aliphatic rings. The molecule has 218 valence electrons. The first-order valence-corrected chi connectivity index (χ1v) is 15.2. The topological polar surface area (TPSA) is 64.0 Å². The van der Waals surface area contributed by atoms with Crippen LogP contribution in [0.1, 0.15) is 88.4 Å². The number of carbonyl (C=O) groups excluding carboxylic acids is 2. The summed E-state index contributed by atoms with van der Waals surface area (Å²) in [6, 6.07) is 17.4. The van der Waals surface area contributed by atoms with Gasteiger partial charge in [-0.15, -0.1) is 0 Å². The highest BCUT2D eigenvalue weighted by Crippen LogP contribution is 2.45. The van der Waals surface area contributed by atoms with E-state index >= 15 is 0 Å². The third kappa shape index (κ3) is 6.29. The molecule has 1 atom stereocenters. The van der Waals surface area contributed by atoms with Crippen molar-refractivity contribution in [2.75, 3.05) is 25.7 Å². The van der Waals surface area contributed by atoms with Crippen molar-refractivity contribution < 1.29 is 19.1 Å². The number of aromatic nitrogens is 1. The molecule has 1 fully saturated rings. The van der Waals surface area contributed by atoms with E-state index in [1.54, 1.807) is 14.2 Å². The number of rotatable bonds is 14. The van der Waals surface area contributed by atoms with Crippen LogP contribution in [-0.2, 0) is 9.59 Å². The number of anilines is 1. The lowest BCUT2D eigenvalue weighted by atomic mass is 9.96. The summed E-state index contributed by atoms with van der Waals surface area (Å²) in [7, 11) is 3.28. The normalized spacial score (nSPS) is 15.7. The van der Waals surface area contributed by atoms with Crippen LogP contribution < -0.4 is 14.4 Å². The highest BCUT2D eigenvalue weighted by atomic mass is 16.5. The van der Waals surface area contributed by atoms with Crippen LogP contribution in [0.25, 0.3) is 5.69 Å². The Morgan fingerprint density at radius 1 is 0.878 bits per heavy atom. The number of hydrogen-bond acceptors (Lipinski definition) is 4. The smallest absolute Gasteiger partial charge is 0.247 e. The van der Waals surface area contributed by atoms with Gasteiger partial charge in [-0.25, -0.2) is 0 Å². The van der Waals surface area contributed by atoms with Gasteiger partial charge in [-0.05, 0) is 61.7 Å². The Labute approximate surface area is 244 Å². The molecule has 1 aliphatic heterocycles. The minimum atomic E-state index is -0.447. The van der Waals surface area contributed by atoms with Gasteiger partial charge in [0.1, 0.15) is 24.1 Å². The molecule has 7 nitrogen and oxygen atoms in total. The summed E-state index contributed by atoms with van der Waals surface area (Å²) in [6.45, 7) is 2.29. The summed E-state index contributed by atoms with van der Waals surface area (Å²) in [4.78, 5) is 31.5. The summed E-state index contributed by atoms with van der Waals surface area (Å²) < 4.78 is 13.5. The Bertz CT molecular complexity index is 1350. The largest absolute Gasteiger partial charge is 0.497 e. The minimum Gasteiger partial charge on any atom is -0.497 e. The first-order valence-electron chi connectivity index (χ1n) is 15.2. The van der Waals surface area contributed by atoms with Crippen molar-refractivity contribution in [3.63, 3.8) is 0 Å². The third-order valence-corrected chi connectivity index (χ3v) is 8.33. The first kappa shape index (κ1) is 28.8. The van der Waals surface area contributed by atoms with Gasteiger partial charge >= 0.3 is 0 Å². The summed E-state index contributed by atoms with van der Waals surface area (Å²) in [6.07, 6.45) is 12.6. The van der Waals surface area contributed by atoms with Crippen LogP contribution in [0, 0.1) is 0 Å². The second-order valence-electron chi connectivity index (χ2n) is 11.2. The molecule has 2 heterocycles. The van der Waals surface area contributed by atoms with Gasteiger partial charge in [0.2, 0.25) is 11.8 Å². The van der Waals surface area contributed by atoms with E-state index in [2.05, 4.69) is 11.5 Å². The number of amides is 2. The zero-order valence-corrected chi connectivity index (χ0v) is 24.7. The maximum atomic E-state index is 14.4. The van der Waals surface area contributed by atoms with E-state index in [0.29, 0.717) is 17.9 Å². The van der Waals surface area contributed by atoms with Gasteiger partial charge in [0.05, 0.1) is 31.3 Å². The van der Waals surface area contributed by atoms with Gasteiger partial charge in [0.25, 0.3) is 0 Å². The number of fused-ring (bicyclic) bond motifs is 3. The van der Waals surface area contributed by atoms with Crippen LogP contribution in [-0.4, -0.2) is 48.1 Å². The number of hydrogen-bond donors (Lipinski definition) is 0. The van der Waals surface area contributed by atoms with Crippen LogP contribution in [0.2, 0.25) is 0 Å². The predicted octanol–water partition coefficient (Wildman–Crippen LogP) is 7.06. The van der Waals surface area contributed by atoms with E-state index in [-0.39, 0.29) is 24.4 Å². The summed E-state index contributed by atoms with van der Waals surface area (Å²) >= 11 is 0. The molecule has 2 aromatic carbocycles. The summed E-state index contributed by atoms with van der Waals surface area (Å²) in [5, 5.41) is 0. The number of methoxy groups -OCH3 is 2. The Hall–Kier alpha value is -3.74. The number of para-hydroxylation sites is 2. The predicted molar refractivity (Wildman–Crippen MR) is 162 cm³/mol. The average Bonchev–Trinajstić information content (AvgIpc) is 3.72. The van der Waals surface area contributed by atoms with Gasteiger partial charge in [0, 0.05) is 24.2 Å². The molecule has 0 bridgehead atoms. The van der Waals surface area contributed by atoms with Crippen molar-refractivity contribution >= 4 is 17.5 Å². The van der Waals surface area contributed by atoms with E-state index in [4.69, 9.17) is 9.47 Å². The molecule has 0 N–H and O–H groups in total. The Morgan fingerprint density at radius 2 is 1.61 bits per heavy atom. The minimum absolute atomic E-state index is 0.0673. The molecule has 1 aliphatic carbocycles. The van der Waals surface area contributed by atoms with Crippen molar-refractivity contribution in [2.45, 2.75) is 83.2 Å². The van der Waals surface area contributed by atoms with E-state index in [1.807, 2.05) is 70.6 Å².